The highest BCUT2D eigenvalue weighted by Crippen LogP contribution is 2.52. The van der Waals surface area contributed by atoms with Crippen molar-refractivity contribution in [3.8, 4) is 45.6 Å². The van der Waals surface area contributed by atoms with Crippen LogP contribution in [0.2, 0.25) is 0 Å². The molecule has 40 heavy (non-hydrogen) atoms. The van der Waals surface area contributed by atoms with Crippen molar-refractivity contribution in [2.45, 2.75) is 6.92 Å². The van der Waals surface area contributed by atoms with Crippen molar-refractivity contribution in [2.24, 2.45) is 0 Å². The summed E-state index contributed by atoms with van der Waals surface area (Å²) in [6.07, 6.45) is 0. The van der Waals surface area contributed by atoms with Gasteiger partial charge in [-0.2, -0.15) is 0 Å². The molecule has 0 aliphatic rings. The first-order chi connectivity index (χ1) is 19.3. The zero-order chi connectivity index (χ0) is 29.1. The molecule has 0 bridgehead atoms. The first-order valence-electron chi connectivity index (χ1n) is 12.2. The van der Waals surface area contributed by atoms with E-state index >= 15 is 0 Å². The van der Waals surface area contributed by atoms with Crippen LogP contribution in [0.5, 0.6) is 34.5 Å². The molecule has 0 aromatic heterocycles. The summed E-state index contributed by atoms with van der Waals surface area (Å²) in [7, 11) is 8.51. The fourth-order valence-electron chi connectivity index (χ4n) is 4.83. The molecule has 4 rings (SSSR count). The van der Waals surface area contributed by atoms with Gasteiger partial charge in [-0.1, -0.05) is 29.8 Å². The lowest BCUT2D eigenvalue weighted by molar-refractivity contribution is 0.0598. The van der Waals surface area contributed by atoms with E-state index in [0.717, 1.165) is 5.56 Å². The van der Waals surface area contributed by atoms with Crippen LogP contribution < -0.4 is 23.7 Å². The lowest BCUT2D eigenvalue weighted by Gasteiger charge is -2.23. The van der Waals surface area contributed by atoms with Gasteiger partial charge in [-0.05, 0) is 36.8 Å². The number of hydrogen-bond acceptors (Lipinski definition) is 9. The molecule has 0 unspecified atom stereocenters. The number of carbonyl (C=O) groups is 2. The molecule has 0 fully saturated rings. The number of rotatable bonds is 9. The number of ketones is 1. The summed E-state index contributed by atoms with van der Waals surface area (Å²) in [5.74, 6) is -0.359. The summed E-state index contributed by atoms with van der Waals surface area (Å²) in [4.78, 5) is 27.6. The number of methoxy groups -OCH3 is 6. The molecule has 1 N–H and O–H groups in total. The molecule has 0 radical (unpaired) electrons. The summed E-state index contributed by atoms with van der Waals surface area (Å²) in [6.45, 7) is 1.84. The van der Waals surface area contributed by atoms with Gasteiger partial charge in [0.05, 0.1) is 53.8 Å². The first kappa shape index (κ1) is 28.1. The molecule has 0 saturated carbocycles. The van der Waals surface area contributed by atoms with Crippen LogP contribution in [-0.2, 0) is 4.74 Å². The molecular weight excluding hydrogens is 516 g/mol. The summed E-state index contributed by atoms with van der Waals surface area (Å²) in [6, 6.07) is 13.4. The maximum absolute atomic E-state index is 14.0. The van der Waals surface area contributed by atoms with Crippen molar-refractivity contribution in [3.63, 3.8) is 0 Å². The van der Waals surface area contributed by atoms with Gasteiger partial charge in [0.25, 0.3) is 0 Å². The van der Waals surface area contributed by atoms with E-state index in [9.17, 15) is 14.7 Å². The number of phenols is 1. The average molecular weight is 547 g/mol. The maximum Gasteiger partial charge on any atom is 0.339 e. The Hall–Kier alpha value is -4.92. The smallest absolute Gasteiger partial charge is 0.339 e. The van der Waals surface area contributed by atoms with Gasteiger partial charge in [-0.3, -0.25) is 4.79 Å². The van der Waals surface area contributed by atoms with Crippen molar-refractivity contribution < 1.29 is 43.1 Å². The van der Waals surface area contributed by atoms with Crippen LogP contribution in [0.4, 0.5) is 0 Å². The number of benzene rings is 4. The lowest BCUT2D eigenvalue weighted by atomic mass is 9.85. The second kappa shape index (κ2) is 11.4. The number of ether oxygens (including phenoxy) is 6. The van der Waals surface area contributed by atoms with Crippen LogP contribution in [0.3, 0.4) is 0 Å². The molecule has 4 aromatic rings. The van der Waals surface area contributed by atoms with Crippen LogP contribution in [0.1, 0.15) is 31.8 Å². The predicted octanol–water partition coefficient (Wildman–Crippen LogP) is 5.58. The van der Waals surface area contributed by atoms with Crippen molar-refractivity contribution in [2.75, 3.05) is 42.7 Å². The Morgan fingerprint density at radius 2 is 1.38 bits per heavy atom. The number of carbonyl (C=O) groups excluding carboxylic acids is 2. The monoisotopic (exact) mass is 546 g/mol. The van der Waals surface area contributed by atoms with Gasteiger partial charge in [0.1, 0.15) is 5.75 Å². The number of hydrogen-bond donors (Lipinski definition) is 1. The van der Waals surface area contributed by atoms with Gasteiger partial charge in [-0.25, -0.2) is 4.79 Å². The Morgan fingerprint density at radius 1 is 0.700 bits per heavy atom. The number of esters is 1. The zero-order valence-electron chi connectivity index (χ0n) is 23.3. The van der Waals surface area contributed by atoms with E-state index in [4.69, 9.17) is 28.4 Å². The molecule has 9 nitrogen and oxygen atoms in total. The summed E-state index contributed by atoms with van der Waals surface area (Å²) in [5.41, 5.74) is 1.45. The number of aromatic hydroxyl groups is 1. The van der Waals surface area contributed by atoms with E-state index < -0.39 is 17.5 Å². The van der Waals surface area contributed by atoms with E-state index in [1.54, 1.807) is 36.4 Å². The molecule has 0 aliphatic carbocycles. The Kier molecular flexibility index (Phi) is 8.04. The Labute approximate surface area is 231 Å². The summed E-state index contributed by atoms with van der Waals surface area (Å²) in [5, 5.41) is 12.2. The predicted molar refractivity (Wildman–Crippen MR) is 150 cm³/mol. The second-order valence-electron chi connectivity index (χ2n) is 8.80. The second-order valence-corrected chi connectivity index (χ2v) is 8.80. The Balaban J connectivity index is 2.31. The SMILES string of the molecule is COC(=O)c1c(C(=O)c2cccc(C)c2)c(O)c2cc(OC)c(OC)c(OC)c2c1-c1ccc(OC)c(OC)c1. The van der Waals surface area contributed by atoms with Crippen molar-refractivity contribution in [1.29, 1.82) is 0 Å². The molecule has 0 heterocycles. The third-order valence-electron chi connectivity index (χ3n) is 6.64. The minimum atomic E-state index is -0.838. The third-order valence-corrected chi connectivity index (χ3v) is 6.64. The van der Waals surface area contributed by atoms with Gasteiger partial charge < -0.3 is 33.5 Å². The Bertz CT molecular complexity index is 1620. The number of fused-ring (bicyclic) bond motifs is 1. The molecule has 0 aliphatic heterocycles. The van der Waals surface area contributed by atoms with E-state index in [1.165, 1.54) is 48.7 Å². The minimum absolute atomic E-state index is 0.156. The highest BCUT2D eigenvalue weighted by molar-refractivity contribution is 6.25. The topological polar surface area (TPSA) is 110 Å². The number of aryl methyl sites for hydroxylation is 1. The lowest BCUT2D eigenvalue weighted by Crippen LogP contribution is -2.15. The minimum Gasteiger partial charge on any atom is -0.506 e. The van der Waals surface area contributed by atoms with E-state index in [1.807, 2.05) is 13.0 Å². The van der Waals surface area contributed by atoms with Crippen LogP contribution >= 0.6 is 0 Å². The van der Waals surface area contributed by atoms with Crippen molar-refractivity contribution >= 4 is 22.5 Å². The standard InChI is InChI=1S/C31H30O9/c1-16-9-8-10-18(13-16)27(32)26-25(31(34)40-7)23(17-11-12-20(35-2)21(14-17)36-3)24-19(28(26)33)15-22(37-4)29(38-5)30(24)39-6/h8-15,33H,1-7H3. The Morgan fingerprint density at radius 3 is 1.95 bits per heavy atom. The van der Waals surface area contributed by atoms with Crippen molar-refractivity contribution in [1.82, 2.24) is 0 Å². The van der Waals surface area contributed by atoms with Gasteiger partial charge in [0.2, 0.25) is 5.75 Å². The first-order valence-corrected chi connectivity index (χ1v) is 12.2. The maximum atomic E-state index is 14.0. The van der Waals surface area contributed by atoms with Crippen LogP contribution in [0, 0.1) is 6.92 Å². The number of phenolic OH excluding ortho intramolecular Hbond substituents is 1. The third kappa shape index (κ3) is 4.59. The fourth-order valence-corrected chi connectivity index (χ4v) is 4.83. The quantitative estimate of drug-likeness (QED) is 0.212. The summed E-state index contributed by atoms with van der Waals surface area (Å²) >= 11 is 0. The highest BCUT2D eigenvalue weighted by atomic mass is 16.5. The van der Waals surface area contributed by atoms with E-state index in [-0.39, 0.29) is 44.9 Å². The molecule has 9 heteroatoms. The van der Waals surface area contributed by atoms with Crippen LogP contribution in [-0.4, -0.2) is 59.5 Å². The summed E-state index contributed by atoms with van der Waals surface area (Å²) < 4.78 is 33.0. The molecule has 0 spiro atoms. The fraction of sp³-hybridized carbons (Fsp3) is 0.226. The van der Waals surface area contributed by atoms with Gasteiger partial charge in [0.15, 0.2) is 28.8 Å². The normalized spacial score (nSPS) is 10.7. The molecular formula is C31H30O9. The molecule has 0 amide bonds. The molecule has 4 aromatic carbocycles. The molecule has 0 saturated heterocycles. The van der Waals surface area contributed by atoms with E-state index in [0.29, 0.717) is 22.4 Å². The molecule has 0 atom stereocenters. The van der Waals surface area contributed by atoms with Gasteiger partial charge in [-0.15, -0.1) is 0 Å². The van der Waals surface area contributed by atoms with Gasteiger partial charge >= 0.3 is 5.97 Å². The highest BCUT2D eigenvalue weighted by Gasteiger charge is 2.33. The van der Waals surface area contributed by atoms with Crippen LogP contribution in [0.15, 0.2) is 48.5 Å². The van der Waals surface area contributed by atoms with Crippen LogP contribution in [0.25, 0.3) is 21.9 Å². The van der Waals surface area contributed by atoms with Crippen molar-refractivity contribution in [3.05, 3.63) is 70.8 Å². The van der Waals surface area contributed by atoms with E-state index in [2.05, 4.69) is 0 Å². The molecule has 208 valence electrons. The largest absolute Gasteiger partial charge is 0.506 e. The zero-order valence-corrected chi connectivity index (χ0v) is 23.3. The van der Waals surface area contributed by atoms with Gasteiger partial charge in [0, 0.05) is 21.9 Å². The average Bonchev–Trinajstić information content (AvgIpc) is 2.98.